The lowest BCUT2D eigenvalue weighted by Crippen LogP contribution is -2.54. The number of imide groups is 1. The maximum atomic E-state index is 15.0. The van der Waals surface area contributed by atoms with Crippen LogP contribution in [0.1, 0.15) is 97.5 Å². The molecule has 0 bridgehead atoms. The van der Waals surface area contributed by atoms with Gasteiger partial charge in [0.2, 0.25) is 23.6 Å². The minimum atomic E-state index is -1.03. The van der Waals surface area contributed by atoms with Gasteiger partial charge in [0, 0.05) is 57.1 Å². The summed E-state index contributed by atoms with van der Waals surface area (Å²) in [5.41, 5.74) is 0.290. The fraction of sp³-hybridized carbons (Fsp3) is 0.488. The smallest absolute Gasteiger partial charge is 0.333 e. The average molecular weight is 852 g/mol. The topological polar surface area (TPSA) is 209 Å². The van der Waals surface area contributed by atoms with Crippen molar-refractivity contribution in [1.82, 2.24) is 35.5 Å². The molecule has 1 fully saturated rings. The van der Waals surface area contributed by atoms with E-state index in [-0.39, 0.29) is 68.8 Å². The quantitative estimate of drug-likeness (QED) is 0.0957. The first-order valence-corrected chi connectivity index (χ1v) is 20.2. The molecule has 0 unspecified atom stereocenters. The van der Waals surface area contributed by atoms with E-state index < -0.39 is 83.2 Å². The highest BCUT2D eigenvalue weighted by atomic mass is 19.1. The number of carbonyl (C=O) groups is 7. The molecule has 0 radical (unpaired) electrons. The summed E-state index contributed by atoms with van der Waals surface area (Å²) in [5, 5.41) is 18.5. The number of rotatable bonds is 20. The molecule has 1 aromatic heterocycles. The molecule has 61 heavy (non-hydrogen) atoms. The molecule has 0 spiro atoms. The van der Waals surface area contributed by atoms with Crippen molar-refractivity contribution in [3.8, 4) is 11.3 Å². The van der Waals surface area contributed by atoms with Crippen LogP contribution in [-0.4, -0.2) is 97.8 Å². The maximum Gasteiger partial charge on any atom is 0.333 e. The molecule has 2 heterocycles. The standard InChI is InChI=1S/C43H55F2N7O9/c1-26(2)38(49-33(54)14-10-15-37(58)61-52-34(55)18-19-35(52)56)42(60)47-27(3)41(59)46-20-11-21-51(36(57)25-53)39(43(4,5)6)40-48-32(30-22-29(44)16-17-31(30)45)24-50(40)23-28-12-8-7-9-13-28/h7-9,12-13,16-17,22,24,26-27,38-39,53H,10-11,14-15,18-21,23,25H2,1-6H3,(H,46,59)(H,47,60)(H,49,54)/t27-,38-,39-/m0/s1. The van der Waals surface area contributed by atoms with Crippen LogP contribution in [0.5, 0.6) is 0 Å². The highest BCUT2D eigenvalue weighted by Crippen LogP contribution is 2.39. The minimum Gasteiger partial charge on any atom is -0.387 e. The summed E-state index contributed by atoms with van der Waals surface area (Å²) < 4.78 is 31.1. The van der Waals surface area contributed by atoms with E-state index in [2.05, 4.69) is 16.0 Å². The summed E-state index contributed by atoms with van der Waals surface area (Å²) in [6.45, 7) is 10.1. The second-order valence-corrected chi connectivity index (χ2v) is 16.3. The van der Waals surface area contributed by atoms with Gasteiger partial charge >= 0.3 is 5.97 Å². The highest BCUT2D eigenvalue weighted by Gasteiger charge is 2.38. The third kappa shape index (κ3) is 13.2. The van der Waals surface area contributed by atoms with E-state index in [0.717, 1.165) is 23.8 Å². The molecule has 1 aliphatic heterocycles. The van der Waals surface area contributed by atoms with Gasteiger partial charge in [-0.3, -0.25) is 28.8 Å². The van der Waals surface area contributed by atoms with Crippen molar-refractivity contribution in [2.75, 3.05) is 19.7 Å². The summed E-state index contributed by atoms with van der Waals surface area (Å²) >= 11 is 0. The third-order valence-corrected chi connectivity index (χ3v) is 9.92. The van der Waals surface area contributed by atoms with Gasteiger partial charge in [-0.05, 0) is 54.9 Å². The number of hydrogen-bond donors (Lipinski definition) is 4. The van der Waals surface area contributed by atoms with Crippen LogP contribution in [-0.2, 0) is 44.9 Å². The number of benzene rings is 2. The van der Waals surface area contributed by atoms with Crippen molar-refractivity contribution in [3.63, 3.8) is 0 Å². The summed E-state index contributed by atoms with van der Waals surface area (Å²) in [5.74, 6) is -5.72. The summed E-state index contributed by atoms with van der Waals surface area (Å²) in [4.78, 5) is 98.9. The van der Waals surface area contributed by atoms with E-state index >= 15 is 4.39 Å². The zero-order valence-electron chi connectivity index (χ0n) is 35.3. The van der Waals surface area contributed by atoms with Crippen molar-refractivity contribution < 1.29 is 52.3 Å². The lowest BCUT2D eigenvalue weighted by atomic mass is 9.84. The van der Waals surface area contributed by atoms with E-state index in [1.165, 1.54) is 11.8 Å². The number of aliphatic hydroxyl groups is 1. The predicted molar refractivity (Wildman–Crippen MR) is 217 cm³/mol. The van der Waals surface area contributed by atoms with E-state index in [9.17, 15) is 43.1 Å². The van der Waals surface area contributed by atoms with Crippen LogP contribution in [0.25, 0.3) is 11.3 Å². The Morgan fingerprint density at radius 2 is 1.59 bits per heavy atom. The number of imidazole rings is 1. The Hall–Kier alpha value is -6.04. The van der Waals surface area contributed by atoms with E-state index in [1.54, 1.807) is 24.6 Å². The first-order chi connectivity index (χ1) is 28.8. The SMILES string of the molecule is CC(C)[C@H](NC(=O)CCCC(=O)ON1C(=O)CCC1=O)C(=O)N[C@@H](C)C(=O)NCCCN(C(=O)CO)[C@@H](c1nc(-c2cc(F)ccc2F)cn1Cc1ccccc1)C(C)(C)C. The Balaban J connectivity index is 1.38. The van der Waals surface area contributed by atoms with Gasteiger partial charge in [-0.25, -0.2) is 18.6 Å². The van der Waals surface area contributed by atoms with Crippen LogP contribution in [0, 0.1) is 23.0 Å². The van der Waals surface area contributed by atoms with Crippen molar-refractivity contribution in [2.24, 2.45) is 11.3 Å². The summed E-state index contributed by atoms with van der Waals surface area (Å²) in [6.07, 6.45) is 1.36. The van der Waals surface area contributed by atoms with Crippen LogP contribution < -0.4 is 16.0 Å². The van der Waals surface area contributed by atoms with Gasteiger partial charge in [0.05, 0.1) is 11.7 Å². The highest BCUT2D eigenvalue weighted by molar-refractivity contribution is 6.01. The second-order valence-electron chi connectivity index (χ2n) is 16.3. The monoisotopic (exact) mass is 851 g/mol. The molecule has 3 atom stereocenters. The molecule has 18 heteroatoms. The molecule has 2 aromatic carbocycles. The Labute approximate surface area is 353 Å². The van der Waals surface area contributed by atoms with E-state index in [0.29, 0.717) is 17.4 Å². The van der Waals surface area contributed by atoms with Crippen LogP contribution in [0.2, 0.25) is 0 Å². The third-order valence-electron chi connectivity index (χ3n) is 9.92. The fourth-order valence-electron chi connectivity index (χ4n) is 6.82. The molecule has 1 saturated heterocycles. The number of hydroxylamine groups is 2. The fourth-order valence-corrected chi connectivity index (χ4v) is 6.82. The van der Waals surface area contributed by atoms with Crippen LogP contribution in [0.3, 0.4) is 0 Å². The van der Waals surface area contributed by atoms with Crippen molar-refractivity contribution in [2.45, 2.75) is 105 Å². The number of nitrogens with one attached hydrogen (secondary N) is 3. The summed E-state index contributed by atoms with van der Waals surface area (Å²) in [7, 11) is 0. The van der Waals surface area contributed by atoms with Gasteiger partial charge in [-0.2, -0.15) is 0 Å². The molecule has 0 aliphatic carbocycles. The lowest BCUT2D eigenvalue weighted by Gasteiger charge is -2.40. The normalized spacial score (nSPS) is 14.4. The maximum absolute atomic E-state index is 15.0. The molecule has 0 saturated carbocycles. The Morgan fingerprint density at radius 3 is 2.21 bits per heavy atom. The number of nitrogens with zero attached hydrogens (tertiary/aromatic N) is 4. The van der Waals surface area contributed by atoms with Gasteiger partial charge in [-0.15, -0.1) is 5.06 Å². The molecule has 3 aromatic rings. The van der Waals surface area contributed by atoms with Crippen LogP contribution in [0.15, 0.2) is 54.7 Å². The molecule has 1 aliphatic rings. The predicted octanol–water partition coefficient (Wildman–Crippen LogP) is 3.71. The second kappa shape index (κ2) is 21.5. The van der Waals surface area contributed by atoms with Gasteiger partial charge in [-0.1, -0.05) is 65.0 Å². The average Bonchev–Trinajstić information content (AvgIpc) is 3.75. The number of hydrogen-bond acceptors (Lipinski definition) is 10. The Kier molecular flexibility index (Phi) is 16.8. The molecule has 4 rings (SSSR count). The van der Waals surface area contributed by atoms with Crippen LogP contribution in [0.4, 0.5) is 8.78 Å². The van der Waals surface area contributed by atoms with Crippen LogP contribution >= 0.6 is 0 Å². The number of carbonyl (C=O) groups excluding carboxylic acids is 7. The largest absolute Gasteiger partial charge is 0.387 e. The van der Waals surface area contributed by atoms with Crippen molar-refractivity contribution in [3.05, 3.63) is 77.8 Å². The van der Waals surface area contributed by atoms with Crippen molar-refractivity contribution in [1.29, 1.82) is 0 Å². The lowest BCUT2D eigenvalue weighted by molar-refractivity contribution is -0.197. The first kappa shape index (κ1) is 47.6. The zero-order valence-corrected chi connectivity index (χ0v) is 35.3. The number of amides is 6. The number of aromatic nitrogens is 2. The summed E-state index contributed by atoms with van der Waals surface area (Å²) in [6, 6.07) is 9.66. The van der Waals surface area contributed by atoms with E-state index in [4.69, 9.17) is 9.82 Å². The van der Waals surface area contributed by atoms with E-state index in [1.807, 2.05) is 51.1 Å². The van der Waals surface area contributed by atoms with Crippen molar-refractivity contribution >= 4 is 41.4 Å². The molecule has 330 valence electrons. The Morgan fingerprint density at radius 1 is 0.918 bits per heavy atom. The first-order valence-electron chi connectivity index (χ1n) is 20.2. The van der Waals surface area contributed by atoms with Gasteiger partial charge in [0.15, 0.2) is 0 Å². The zero-order chi connectivity index (χ0) is 45.0. The molecular weight excluding hydrogens is 797 g/mol. The Bertz CT molecular complexity index is 2050. The minimum absolute atomic E-state index is 0.0246. The molecular formula is C43H55F2N7O9. The van der Waals surface area contributed by atoms with Gasteiger partial charge in [0.1, 0.15) is 36.1 Å². The number of aliphatic hydroxyl groups excluding tert-OH is 1. The molecule has 4 N–H and O–H groups in total. The molecule has 16 nitrogen and oxygen atoms in total. The number of halogens is 2. The van der Waals surface area contributed by atoms with Gasteiger partial charge in [0.25, 0.3) is 11.8 Å². The van der Waals surface area contributed by atoms with Gasteiger partial charge < -0.3 is 35.4 Å². The molecule has 6 amide bonds.